The van der Waals surface area contributed by atoms with Crippen LogP contribution in [0.15, 0.2) is 65.8 Å². The fraction of sp³-hybridized carbons (Fsp3) is 0.375. The third-order valence-electron chi connectivity index (χ3n) is 6.11. The van der Waals surface area contributed by atoms with E-state index in [4.69, 9.17) is 4.74 Å². The fourth-order valence-electron chi connectivity index (χ4n) is 4.30. The molecule has 0 aliphatic heterocycles. The van der Waals surface area contributed by atoms with E-state index in [0.717, 1.165) is 5.56 Å². The molecule has 3 aromatic rings. The minimum atomic E-state index is -3.75. The zero-order chi connectivity index (χ0) is 21.8. The lowest BCUT2D eigenvalue weighted by Crippen LogP contribution is -2.31. The van der Waals surface area contributed by atoms with Crippen LogP contribution in [0.5, 0.6) is 5.75 Å². The van der Waals surface area contributed by atoms with Gasteiger partial charge in [-0.3, -0.25) is 0 Å². The maximum Gasteiger partial charge on any atom is 0.241 e. The van der Waals surface area contributed by atoms with Crippen molar-refractivity contribution >= 4 is 10.0 Å². The fourth-order valence-corrected chi connectivity index (χ4v) is 5.48. The maximum atomic E-state index is 13.3. The molecule has 164 valence electrons. The number of nitrogens with zero attached hydrogens (tertiary/aromatic N) is 2. The van der Waals surface area contributed by atoms with Gasteiger partial charge < -0.3 is 9.30 Å². The van der Waals surface area contributed by atoms with Crippen LogP contribution in [0.1, 0.15) is 61.0 Å². The van der Waals surface area contributed by atoms with E-state index in [9.17, 15) is 8.42 Å². The number of sulfonamides is 1. The van der Waals surface area contributed by atoms with Gasteiger partial charge in [-0.25, -0.2) is 13.4 Å². The lowest BCUT2D eigenvalue weighted by atomic mass is 9.84. The van der Waals surface area contributed by atoms with Crippen molar-refractivity contribution < 1.29 is 13.2 Å². The van der Waals surface area contributed by atoms with E-state index >= 15 is 0 Å². The average molecular weight is 440 g/mol. The Bertz CT molecular complexity index is 1100. The van der Waals surface area contributed by atoms with Gasteiger partial charge in [-0.1, -0.05) is 43.5 Å². The van der Waals surface area contributed by atoms with Crippen LogP contribution >= 0.6 is 0 Å². The Labute approximate surface area is 184 Å². The summed E-state index contributed by atoms with van der Waals surface area (Å²) in [7, 11) is -0.293. The zero-order valence-electron chi connectivity index (χ0n) is 18.0. The summed E-state index contributed by atoms with van der Waals surface area (Å²) < 4.78 is 36.4. The summed E-state index contributed by atoms with van der Waals surface area (Å²) >= 11 is 0. The van der Waals surface area contributed by atoms with Crippen molar-refractivity contribution in [1.82, 2.24) is 14.3 Å². The second-order valence-electron chi connectivity index (χ2n) is 8.13. The number of hydrogen-bond acceptors (Lipinski definition) is 4. The summed E-state index contributed by atoms with van der Waals surface area (Å²) in [6.07, 6.45) is 9.64. The highest BCUT2D eigenvalue weighted by atomic mass is 32.2. The van der Waals surface area contributed by atoms with Gasteiger partial charge in [0, 0.05) is 19.4 Å². The first-order chi connectivity index (χ1) is 15.0. The van der Waals surface area contributed by atoms with Crippen LogP contribution < -0.4 is 9.46 Å². The third kappa shape index (κ3) is 4.83. The highest BCUT2D eigenvalue weighted by molar-refractivity contribution is 7.89. The lowest BCUT2D eigenvalue weighted by Gasteiger charge is -2.22. The summed E-state index contributed by atoms with van der Waals surface area (Å²) in [6.45, 7) is 0. The maximum absolute atomic E-state index is 13.3. The second kappa shape index (κ2) is 9.24. The van der Waals surface area contributed by atoms with Gasteiger partial charge >= 0.3 is 0 Å². The number of aryl methyl sites for hydroxylation is 1. The molecule has 7 heteroatoms. The monoisotopic (exact) mass is 439 g/mol. The first-order valence-corrected chi connectivity index (χ1v) is 12.2. The highest BCUT2D eigenvalue weighted by Gasteiger charge is 2.26. The number of methoxy groups -OCH3 is 1. The van der Waals surface area contributed by atoms with Crippen LogP contribution in [0.2, 0.25) is 0 Å². The summed E-state index contributed by atoms with van der Waals surface area (Å²) in [5.41, 5.74) is 2.02. The van der Waals surface area contributed by atoms with Gasteiger partial charge in [0.05, 0.1) is 12.0 Å². The summed E-state index contributed by atoms with van der Waals surface area (Å²) in [5.74, 6) is 1.87. The van der Waals surface area contributed by atoms with E-state index in [0.29, 0.717) is 17.5 Å². The number of nitrogens with one attached hydrogen (secondary N) is 1. The summed E-state index contributed by atoms with van der Waals surface area (Å²) in [5, 5.41) is 0. The Balaban J connectivity index is 1.61. The minimum Gasteiger partial charge on any atom is -0.497 e. The largest absolute Gasteiger partial charge is 0.497 e. The van der Waals surface area contributed by atoms with Gasteiger partial charge in [0.15, 0.2) is 0 Å². The van der Waals surface area contributed by atoms with E-state index in [2.05, 4.69) is 9.71 Å². The summed E-state index contributed by atoms with van der Waals surface area (Å²) in [6, 6.07) is 14.1. The van der Waals surface area contributed by atoms with Crippen LogP contribution in [0.25, 0.3) is 0 Å². The molecule has 4 rings (SSSR count). The third-order valence-corrected chi connectivity index (χ3v) is 7.54. The van der Waals surface area contributed by atoms with Gasteiger partial charge in [-0.05, 0) is 54.2 Å². The zero-order valence-corrected chi connectivity index (χ0v) is 18.8. The van der Waals surface area contributed by atoms with Crippen molar-refractivity contribution in [3.05, 3.63) is 77.9 Å². The molecule has 1 aliphatic carbocycles. The number of ether oxygens (including phenoxy) is 1. The topological polar surface area (TPSA) is 73.2 Å². The van der Waals surface area contributed by atoms with E-state index in [-0.39, 0.29) is 4.90 Å². The van der Waals surface area contributed by atoms with Crippen LogP contribution in [0.3, 0.4) is 0 Å². The molecule has 2 aromatic carbocycles. The number of rotatable bonds is 7. The molecule has 0 radical (unpaired) electrons. The Morgan fingerprint density at radius 1 is 1.03 bits per heavy atom. The van der Waals surface area contributed by atoms with Gasteiger partial charge in [-0.15, -0.1) is 0 Å². The van der Waals surface area contributed by atoms with E-state index in [1.807, 2.05) is 48.0 Å². The molecule has 1 N–H and O–H groups in total. The standard InChI is InChI=1S/C24H29N3O3S/c1-27-17-16-25-24(27)23(20-8-12-21(30-2)13-9-20)26-31(28,29)22-14-10-19(11-15-22)18-6-4-3-5-7-18/h8-18,23,26H,3-7H2,1-2H3. The number of hydrogen-bond donors (Lipinski definition) is 1. The normalized spacial score (nSPS) is 16.2. The molecular weight excluding hydrogens is 410 g/mol. The van der Waals surface area contributed by atoms with Crippen molar-refractivity contribution in [3.8, 4) is 5.75 Å². The van der Waals surface area contributed by atoms with Crippen molar-refractivity contribution in [2.45, 2.75) is 49.0 Å². The number of aromatic nitrogens is 2. The predicted molar refractivity (Wildman–Crippen MR) is 121 cm³/mol. The first-order valence-electron chi connectivity index (χ1n) is 10.7. The van der Waals surface area contributed by atoms with Crippen molar-refractivity contribution in [3.63, 3.8) is 0 Å². The first kappa shape index (κ1) is 21.6. The Hall–Kier alpha value is -2.64. The van der Waals surface area contributed by atoms with E-state index < -0.39 is 16.1 Å². The second-order valence-corrected chi connectivity index (χ2v) is 9.84. The molecule has 1 heterocycles. The Kier molecular flexibility index (Phi) is 6.43. The average Bonchev–Trinajstić information content (AvgIpc) is 3.24. The highest BCUT2D eigenvalue weighted by Crippen LogP contribution is 2.33. The molecule has 31 heavy (non-hydrogen) atoms. The van der Waals surface area contributed by atoms with Gasteiger partial charge in [0.25, 0.3) is 0 Å². The van der Waals surface area contributed by atoms with Crippen LogP contribution in [0, 0.1) is 0 Å². The molecule has 1 saturated carbocycles. The van der Waals surface area contributed by atoms with E-state index in [1.165, 1.54) is 37.7 Å². The molecule has 1 aromatic heterocycles. The molecule has 1 atom stereocenters. The van der Waals surface area contributed by atoms with Crippen molar-refractivity contribution in [2.75, 3.05) is 7.11 Å². The Morgan fingerprint density at radius 2 is 1.71 bits per heavy atom. The van der Waals surface area contributed by atoms with Gasteiger partial charge in [-0.2, -0.15) is 4.72 Å². The molecule has 0 spiro atoms. The molecule has 0 bridgehead atoms. The molecule has 1 aliphatic rings. The van der Waals surface area contributed by atoms with Crippen molar-refractivity contribution in [1.29, 1.82) is 0 Å². The van der Waals surface area contributed by atoms with Crippen LogP contribution in [-0.4, -0.2) is 25.1 Å². The summed E-state index contributed by atoms with van der Waals surface area (Å²) in [4.78, 5) is 4.66. The number of imidazole rings is 1. The molecule has 6 nitrogen and oxygen atoms in total. The minimum absolute atomic E-state index is 0.264. The smallest absolute Gasteiger partial charge is 0.241 e. The molecule has 0 saturated heterocycles. The van der Waals surface area contributed by atoms with Gasteiger partial charge in [0.1, 0.15) is 17.6 Å². The quantitative estimate of drug-likeness (QED) is 0.586. The van der Waals surface area contributed by atoms with E-state index in [1.54, 1.807) is 31.6 Å². The molecule has 1 fully saturated rings. The molecule has 0 amide bonds. The molecular formula is C24H29N3O3S. The lowest BCUT2D eigenvalue weighted by molar-refractivity contribution is 0.414. The van der Waals surface area contributed by atoms with Gasteiger partial charge in [0.2, 0.25) is 10.0 Å². The predicted octanol–water partition coefficient (Wildman–Crippen LogP) is 4.54. The Morgan fingerprint density at radius 3 is 2.29 bits per heavy atom. The van der Waals surface area contributed by atoms with Crippen LogP contribution in [-0.2, 0) is 17.1 Å². The number of benzene rings is 2. The SMILES string of the molecule is COc1ccc(C(NS(=O)(=O)c2ccc(C3CCCCC3)cc2)c2nccn2C)cc1. The van der Waals surface area contributed by atoms with Crippen LogP contribution in [0.4, 0.5) is 0 Å². The molecule has 1 unspecified atom stereocenters. The van der Waals surface area contributed by atoms with Crippen molar-refractivity contribution in [2.24, 2.45) is 7.05 Å².